The van der Waals surface area contributed by atoms with Crippen molar-refractivity contribution in [1.29, 1.82) is 0 Å². The van der Waals surface area contributed by atoms with Crippen molar-refractivity contribution in [2.45, 2.75) is 44.7 Å². The molecule has 1 N–H and O–H groups in total. The minimum Gasteiger partial charge on any atom is -0.308 e. The number of nitrogens with one attached hydrogen (secondary N) is 1. The minimum absolute atomic E-state index is 0.436. The van der Waals surface area contributed by atoms with Gasteiger partial charge in [0.05, 0.1) is 0 Å². The molecular formula is C13H21NS. The van der Waals surface area contributed by atoms with Crippen molar-refractivity contribution in [1.82, 2.24) is 5.32 Å². The van der Waals surface area contributed by atoms with Crippen LogP contribution in [0.25, 0.3) is 0 Å². The van der Waals surface area contributed by atoms with Gasteiger partial charge in [0.2, 0.25) is 0 Å². The highest BCUT2D eigenvalue weighted by Gasteiger charge is 2.05. The molecule has 1 nitrogen and oxygen atoms in total. The summed E-state index contributed by atoms with van der Waals surface area (Å²) in [6, 6.07) is 9.83. The van der Waals surface area contributed by atoms with E-state index < -0.39 is 0 Å². The summed E-state index contributed by atoms with van der Waals surface area (Å²) in [5, 5.41) is 3.50. The van der Waals surface area contributed by atoms with Crippen LogP contribution in [0, 0.1) is 0 Å². The largest absolute Gasteiger partial charge is 0.308 e. The number of benzene rings is 1. The fraction of sp³-hybridized carbons (Fsp3) is 0.538. The second-order valence-corrected chi connectivity index (χ2v) is 5.38. The Balaban J connectivity index is 2.62. The summed E-state index contributed by atoms with van der Waals surface area (Å²) in [4.78, 5) is 1.36. The number of thioether (sulfide) groups is 1. The number of hydrogen-bond donors (Lipinski definition) is 1. The molecule has 2 heteroatoms. The maximum Gasteiger partial charge on any atom is 0.0294 e. The SMILES string of the molecule is CCSc1ccc(C(C)NC(C)C)cc1. The molecular weight excluding hydrogens is 202 g/mol. The molecule has 0 amide bonds. The molecule has 0 heterocycles. The van der Waals surface area contributed by atoms with Crippen LogP contribution >= 0.6 is 11.8 Å². The molecule has 0 fully saturated rings. The summed E-state index contributed by atoms with van der Waals surface area (Å²) >= 11 is 1.89. The van der Waals surface area contributed by atoms with E-state index in [9.17, 15) is 0 Å². The van der Waals surface area contributed by atoms with E-state index in [0.29, 0.717) is 12.1 Å². The highest BCUT2D eigenvalue weighted by molar-refractivity contribution is 7.99. The van der Waals surface area contributed by atoms with E-state index in [1.807, 2.05) is 11.8 Å². The standard InChI is InChI=1S/C13H21NS/c1-5-15-13-8-6-12(7-9-13)11(4)14-10(2)3/h6-11,14H,5H2,1-4H3. The molecule has 0 radical (unpaired) electrons. The second-order valence-electron chi connectivity index (χ2n) is 4.05. The van der Waals surface area contributed by atoms with Gasteiger partial charge in [-0.2, -0.15) is 0 Å². The van der Waals surface area contributed by atoms with Gasteiger partial charge in [-0.3, -0.25) is 0 Å². The van der Waals surface area contributed by atoms with Gasteiger partial charge < -0.3 is 5.32 Å². The molecule has 1 aromatic carbocycles. The lowest BCUT2D eigenvalue weighted by Crippen LogP contribution is -2.25. The van der Waals surface area contributed by atoms with Crippen LogP contribution in [0.15, 0.2) is 29.2 Å². The van der Waals surface area contributed by atoms with Gasteiger partial charge in [0.1, 0.15) is 0 Å². The molecule has 0 bridgehead atoms. The van der Waals surface area contributed by atoms with Gasteiger partial charge in [0.15, 0.2) is 0 Å². The summed E-state index contributed by atoms with van der Waals surface area (Å²) in [5.74, 6) is 1.14. The van der Waals surface area contributed by atoms with E-state index in [2.05, 4.69) is 57.3 Å². The Kier molecular flexibility index (Phi) is 5.20. The number of hydrogen-bond acceptors (Lipinski definition) is 2. The maximum absolute atomic E-state index is 3.50. The zero-order chi connectivity index (χ0) is 11.3. The average molecular weight is 223 g/mol. The van der Waals surface area contributed by atoms with Crippen LogP contribution in [0.1, 0.15) is 39.3 Å². The molecule has 0 saturated carbocycles. The summed E-state index contributed by atoms with van der Waals surface area (Å²) in [5.41, 5.74) is 1.36. The molecule has 84 valence electrons. The van der Waals surface area contributed by atoms with Crippen molar-refractivity contribution in [2.24, 2.45) is 0 Å². The van der Waals surface area contributed by atoms with E-state index in [0.717, 1.165) is 5.75 Å². The van der Waals surface area contributed by atoms with Gasteiger partial charge in [0.25, 0.3) is 0 Å². The highest BCUT2D eigenvalue weighted by atomic mass is 32.2. The summed E-state index contributed by atoms with van der Waals surface area (Å²) < 4.78 is 0. The van der Waals surface area contributed by atoms with Crippen molar-refractivity contribution in [3.8, 4) is 0 Å². The van der Waals surface area contributed by atoms with E-state index >= 15 is 0 Å². The second kappa shape index (κ2) is 6.19. The Bertz CT molecular complexity index is 279. The molecule has 0 aliphatic heterocycles. The zero-order valence-corrected chi connectivity index (χ0v) is 10.9. The molecule has 0 aliphatic carbocycles. The third kappa shape index (κ3) is 4.27. The van der Waals surface area contributed by atoms with Gasteiger partial charge in [-0.25, -0.2) is 0 Å². The van der Waals surface area contributed by atoms with Crippen LogP contribution in [0.5, 0.6) is 0 Å². The Morgan fingerprint density at radius 1 is 1.13 bits per heavy atom. The van der Waals surface area contributed by atoms with Crippen LogP contribution in [0.3, 0.4) is 0 Å². The van der Waals surface area contributed by atoms with E-state index in [1.165, 1.54) is 10.5 Å². The van der Waals surface area contributed by atoms with Crippen molar-refractivity contribution in [3.05, 3.63) is 29.8 Å². The first-order valence-electron chi connectivity index (χ1n) is 5.62. The van der Waals surface area contributed by atoms with Gasteiger partial charge in [0, 0.05) is 17.0 Å². The zero-order valence-electron chi connectivity index (χ0n) is 10.1. The lowest BCUT2D eigenvalue weighted by molar-refractivity contribution is 0.506. The molecule has 0 aromatic heterocycles. The number of rotatable bonds is 5. The first kappa shape index (κ1) is 12.6. The fourth-order valence-electron chi connectivity index (χ4n) is 1.62. The molecule has 0 spiro atoms. The Labute approximate surface area is 97.7 Å². The van der Waals surface area contributed by atoms with Gasteiger partial charge in [-0.1, -0.05) is 32.9 Å². The summed E-state index contributed by atoms with van der Waals surface area (Å²) in [6.07, 6.45) is 0. The molecule has 15 heavy (non-hydrogen) atoms. The van der Waals surface area contributed by atoms with Crippen molar-refractivity contribution in [3.63, 3.8) is 0 Å². The van der Waals surface area contributed by atoms with Crippen LogP contribution in [0.4, 0.5) is 0 Å². The molecule has 1 unspecified atom stereocenters. The normalized spacial score (nSPS) is 13.1. The van der Waals surface area contributed by atoms with Crippen molar-refractivity contribution < 1.29 is 0 Å². The van der Waals surface area contributed by atoms with Gasteiger partial charge in [-0.05, 0) is 30.4 Å². The predicted octanol–water partition coefficient (Wildman–Crippen LogP) is 3.86. The van der Waals surface area contributed by atoms with Gasteiger partial charge in [-0.15, -0.1) is 11.8 Å². The van der Waals surface area contributed by atoms with Crippen LogP contribution < -0.4 is 5.32 Å². The predicted molar refractivity (Wildman–Crippen MR) is 69.5 cm³/mol. The topological polar surface area (TPSA) is 12.0 Å². The van der Waals surface area contributed by atoms with E-state index in [4.69, 9.17) is 0 Å². The monoisotopic (exact) mass is 223 g/mol. The van der Waals surface area contributed by atoms with Crippen LogP contribution in [0.2, 0.25) is 0 Å². The van der Waals surface area contributed by atoms with Crippen molar-refractivity contribution >= 4 is 11.8 Å². The third-order valence-corrected chi connectivity index (χ3v) is 3.17. The average Bonchev–Trinajstić information content (AvgIpc) is 2.18. The summed E-state index contributed by atoms with van der Waals surface area (Å²) in [6.45, 7) is 8.75. The molecule has 1 aromatic rings. The lowest BCUT2D eigenvalue weighted by atomic mass is 10.1. The third-order valence-electron chi connectivity index (χ3n) is 2.27. The quantitative estimate of drug-likeness (QED) is 0.761. The minimum atomic E-state index is 0.436. The summed E-state index contributed by atoms with van der Waals surface area (Å²) in [7, 11) is 0. The van der Waals surface area contributed by atoms with E-state index in [1.54, 1.807) is 0 Å². The Morgan fingerprint density at radius 2 is 1.73 bits per heavy atom. The van der Waals surface area contributed by atoms with E-state index in [-0.39, 0.29) is 0 Å². The smallest absolute Gasteiger partial charge is 0.0294 e. The van der Waals surface area contributed by atoms with Crippen LogP contribution in [-0.2, 0) is 0 Å². The Morgan fingerprint density at radius 3 is 2.20 bits per heavy atom. The molecule has 0 aliphatic rings. The molecule has 1 atom stereocenters. The maximum atomic E-state index is 3.50. The lowest BCUT2D eigenvalue weighted by Gasteiger charge is -2.17. The fourth-order valence-corrected chi connectivity index (χ4v) is 2.28. The molecule has 0 saturated heterocycles. The van der Waals surface area contributed by atoms with Crippen LogP contribution in [-0.4, -0.2) is 11.8 Å². The Hall–Kier alpha value is -0.470. The first-order chi connectivity index (χ1) is 7.13. The first-order valence-corrected chi connectivity index (χ1v) is 6.60. The highest BCUT2D eigenvalue weighted by Crippen LogP contribution is 2.20. The van der Waals surface area contributed by atoms with Crippen molar-refractivity contribution in [2.75, 3.05) is 5.75 Å². The van der Waals surface area contributed by atoms with Gasteiger partial charge >= 0.3 is 0 Å². The molecule has 1 rings (SSSR count).